The first kappa shape index (κ1) is 8.08. The smallest absolute Gasteiger partial charge is 0.136 e. The fraction of sp³-hybridized carbons (Fsp3) is 0.125. The summed E-state index contributed by atoms with van der Waals surface area (Å²) >= 11 is 5.58. The molecule has 0 saturated heterocycles. The van der Waals surface area contributed by atoms with E-state index in [-0.39, 0.29) is 0 Å². The Morgan fingerprint density at radius 2 is 2.36 bits per heavy atom. The van der Waals surface area contributed by atoms with Gasteiger partial charge in [0.25, 0.3) is 0 Å². The second kappa shape index (κ2) is 3.39. The predicted molar refractivity (Wildman–Crippen MR) is 48.3 cm³/mol. The highest BCUT2D eigenvalue weighted by atomic mass is 35.5. The SMILES string of the molecule is C=Cc1nc(CCl)cn1C=C. The Labute approximate surface area is 70.8 Å². The lowest BCUT2D eigenvalue weighted by molar-refractivity contribution is 1.11. The molecule has 0 radical (unpaired) electrons. The number of nitrogens with zero attached hydrogens (tertiary/aromatic N) is 2. The Morgan fingerprint density at radius 1 is 1.64 bits per heavy atom. The number of alkyl halides is 1. The lowest BCUT2D eigenvalue weighted by Crippen LogP contribution is -1.85. The van der Waals surface area contributed by atoms with Gasteiger partial charge in [0.2, 0.25) is 0 Å². The van der Waals surface area contributed by atoms with Crippen molar-refractivity contribution in [3.63, 3.8) is 0 Å². The number of hydrogen-bond acceptors (Lipinski definition) is 1. The molecule has 0 spiro atoms. The molecule has 58 valence electrons. The molecule has 1 aromatic rings. The standard InChI is InChI=1S/C8H9ClN2/c1-3-8-10-7(5-9)6-11(8)4-2/h3-4,6H,1-2,5H2. The van der Waals surface area contributed by atoms with E-state index in [2.05, 4.69) is 18.1 Å². The van der Waals surface area contributed by atoms with Crippen LogP contribution in [0, 0.1) is 0 Å². The molecule has 1 aromatic heterocycles. The zero-order valence-electron chi connectivity index (χ0n) is 6.13. The first-order valence-electron chi connectivity index (χ1n) is 3.20. The number of rotatable bonds is 3. The largest absolute Gasteiger partial charge is 0.307 e. The molecule has 2 nitrogen and oxygen atoms in total. The van der Waals surface area contributed by atoms with Gasteiger partial charge in [-0.3, -0.25) is 0 Å². The van der Waals surface area contributed by atoms with E-state index >= 15 is 0 Å². The Bertz CT molecular complexity index is 250. The molecule has 0 N–H and O–H groups in total. The quantitative estimate of drug-likeness (QED) is 0.634. The van der Waals surface area contributed by atoms with E-state index in [9.17, 15) is 0 Å². The Balaban J connectivity index is 3.11. The summed E-state index contributed by atoms with van der Waals surface area (Å²) in [6, 6.07) is 0. The molecule has 0 fully saturated rings. The molecule has 11 heavy (non-hydrogen) atoms. The third-order valence-electron chi connectivity index (χ3n) is 1.33. The van der Waals surface area contributed by atoms with E-state index in [0.29, 0.717) is 5.88 Å². The lowest BCUT2D eigenvalue weighted by Gasteiger charge is -1.91. The van der Waals surface area contributed by atoms with Gasteiger partial charge in [-0.1, -0.05) is 13.2 Å². The maximum absolute atomic E-state index is 5.58. The Hall–Kier alpha value is -1.02. The third kappa shape index (κ3) is 1.52. The molecule has 1 rings (SSSR count). The van der Waals surface area contributed by atoms with E-state index < -0.39 is 0 Å². The van der Waals surface area contributed by atoms with Gasteiger partial charge in [0.15, 0.2) is 0 Å². The van der Waals surface area contributed by atoms with Gasteiger partial charge in [-0.25, -0.2) is 4.98 Å². The molecule has 0 unspecified atom stereocenters. The maximum Gasteiger partial charge on any atom is 0.136 e. The number of halogens is 1. The van der Waals surface area contributed by atoms with Gasteiger partial charge in [-0.15, -0.1) is 11.6 Å². The van der Waals surface area contributed by atoms with Crippen molar-refractivity contribution in [1.29, 1.82) is 0 Å². The summed E-state index contributed by atoms with van der Waals surface area (Å²) in [5.74, 6) is 1.19. The summed E-state index contributed by atoms with van der Waals surface area (Å²) in [6.45, 7) is 7.23. The van der Waals surface area contributed by atoms with Gasteiger partial charge in [0.05, 0.1) is 11.6 Å². The second-order valence-electron chi connectivity index (χ2n) is 2.02. The van der Waals surface area contributed by atoms with Crippen LogP contribution in [0.25, 0.3) is 12.3 Å². The summed E-state index contributed by atoms with van der Waals surface area (Å²) < 4.78 is 1.78. The second-order valence-corrected chi connectivity index (χ2v) is 2.29. The van der Waals surface area contributed by atoms with Crippen molar-refractivity contribution in [3.05, 3.63) is 30.9 Å². The number of hydrogen-bond donors (Lipinski definition) is 0. The van der Waals surface area contributed by atoms with Gasteiger partial charge in [-0.05, 0) is 6.08 Å². The number of imidazole rings is 1. The van der Waals surface area contributed by atoms with Crippen molar-refractivity contribution >= 4 is 23.9 Å². The van der Waals surface area contributed by atoms with Crippen LogP contribution < -0.4 is 0 Å². The highest BCUT2D eigenvalue weighted by molar-refractivity contribution is 6.16. The van der Waals surface area contributed by atoms with Crippen molar-refractivity contribution in [3.8, 4) is 0 Å². The maximum atomic E-state index is 5.58. The topological polar surface area (TPSA) is 17.8 Å². The average Bonchev–Trinajstić information content (AvgIpc) is 2.46. The summed E-state index contributed by atoms with van der Waals surface area (Å²) in [7, 11) is 0. The molecule has 0 amide bonds. The van der Waals surface area contributed by atoms with Crippen LogP contribution in [-0.2, 0) is 5.88 Å². The summed E-state index contributed by atoms with van der Waals surface area (Å²) in [5, 5.41) is 0. The first-order valence-corrected chi connectivity index (χ1v) is 3.74. The summed E-state index contributed by atoms with van der Waals surface area (Å²) in [4.78, 5) is 4.16. The van der Waals surface area contributed by atoms with Crippen molar-refractivity contribution in [1.82, 2.24) is 9.55 Å². The molecular weight excluding hydrogens is 160 g/mol. The van der Waals surface area contributed by atoms with Gasteiger partial charge in [-0.2, -0.15) is 0 Å². The normalized spacial score (nSPS) is 9.55. The fourth-order valence-electron chi connectivity index (χ4n) is 0.822. The van der Waals surface area contributed by atoms with E-state index in [0.717, 1.165) is 11.5 Å². The van der Waals surface area contributed by atoms with Crippen LogP contribution in [0.3, 0.4) is 0 Å². The predicted octanol–water partition coefficient (Wildman–Crippen LogP) is 2.37. The van der Waals surface area contributed by atoms with Gasteiger partial charge in [0.1, 0.15) is 5.82 Å². The zero-order valence-corrected chi connectivity index (χ0v) is 6.88. The Kier molecular flexibility index (Phi) is 2.49. The molecule has 3 heteroatoms. The van der Waals surface area contributed by atoms with E-state index in [1.807, 2.05) is 6.20 Å². The minimum absolute atomic E-state index is 0.418. The molecule has 0 aliphatic heterocycles. The Morgan fingerprint density at radius 3 is 2.73 bits per heavy atom. The molecule has 0 aliphatic carbocycles. The third-order valence-corrected chi connectivity index (χ3v) is 1.60. The fourth-order valence-corrected chi connectivity index (χ4v) is 0.951. The minimum Gasteiger partial charge on any atom is -0.307 e. The highest BCUT2D eigenvalue weighted by Crippen LogP contribution is 2.06. The van der Waals surface area contributed by atoms with Crippen molar-refractivity contribution in [2.45, 2.75) is 5.88 Å². The molecule has 0 atom stereocenters. The minimum atomic E-state index is 0.418. The molecular formula is C8H9ClN2. The van der Waals surface area contributed by atoms with Crippen LogP contribution in [0.5, 0.6) is 0 Å². The average molecular weight is 169 g/mol. The molecule has 0 aliphatic rings. The number of aromatic nitrogens is 2. The van der Waals surface area contributed by atoms with E-state index in [1.165, 1.54) is 0 Å². The van der Waals surface area contributed by atoms with Crippen LogP contribution in [0.4, 0.5) is 0 Å². The lowest BCUT2D eigenvalue weighted by atomic mass is 10.6. The molecule has 1 heterocycles. The van der Waals surface area contributed by atoms with Gasteiger partial charge in [0, 0.05) is 12.4 Å². The molecule has 0 aromatic carbocycles. The van der Waals surface area contributed by atoms with Crippen LogP contribution in [-0.4, -0.2) is 9.55 Å². The van der Waals surface area contributed by atoms with Crippen LogP contribution in [0.15, 0.2) is 19.4 Å². The van der Waals surface area contributed by atoms with Crippen molar-refractivity contribution in [2.75, 3.05) is 0 Å². The summed E-state index contributed by atoms with van der Waals surface area (Å²) in [5.41, 5.74) is 0.835. The van der Waals surface area contributed by atoms with Crippen LogP contribution >= 0.6 is 11.6 Å². The monoisotopic (exact) mass is 168 g/mol. The highest BCUT2D eigenvalue weighted by Gasteiger charge is 1.99. The van der Waals surface area contributed by atoms with Crippen LogP contribution in [0.2, 0.25) is 0 Å². The van der Waals surface area contributed by atoms with Gasteiger partial charge >= 0.3 is 0 Å². The van der Waals surface area contributed by atoms with Crippen LogP contribution in [0.1, 0.15) is 11.5 Å². The molecule has 0 saturated carbocycles. The van der Waals surface area contributed by atoms with E-state index in [1.54, 1.807) is 16.8 Å². The van der Waals surface area contributed by atoms with Gasteiger partial charge < -0.3 is 4.57 Å². The van der Waals surface area contributed by atoms with Crippen molar-refractivity contribution < 1.29 is 0 Å². The summed E-state index contributed by atoms with van der Waals surface area (Å²) in [6.07, 6.45) is 5.16. The zero-order chi connectivity index (χ0) is 8.27. The first-order chi connectivity index (χ1) is 5.31. The van der Waals surface area contributed by atoms with Crippen molar-refractivity contribution in [2.24, 2.45) is 0 Å². The van der Waals surface area contributed by atoms with E-state index in [4.69, 9.17) is 11.6 Å². The molecule has 0 bridgehead atoms.